The first kappa shape index (κ1) is 14.0. The number of hydrogen-bond acceptors (Lipinski definition) is 4. The van der Waals surface area contributed by atoms with Crippen LogP contribution in [0.1, 0.15) is 21.7 Å². The van der Waals surface area contributed by atoms with Crippen molar-refractivity contribution in [2.45, 2.75) is 13.3 Å². The maximum absolute atomic E-state index is 11.9. The first-order chi connectivity index (χ1) is 9.70. The van der Waals surface area contributed by atoms with Crippen molar-refractivity contribution in [2.24, 2.45) is 0 Å². The minimum absolute atomic E-state index is 0.215. The molecule has 0 saturated heterocycles. The number of ether oxygens (including phenoxy) is 1. The van der Waals surface area contributed by atoms with E-state index in [0.717, 1.165) is 17.0 Å². The molecule has 0 atom stereocenters. The van der Waals surface area contributed by atoms with Crippen LogP contribution in [0, 0.1) is 6.92 Å². The number of amides is 1. The highest BCUT2D eigenvalue weighted by atomic mass is 16.5. The van der Waals surface area contributed by atoms with Crippen LogP contribution in [0.25, 0.3) is 0 Å². The number of para-hydroxylation sites is 1. The van der Waals surface area contributed by atoms with Crippen molar-refractivity contribution in [1.82, 2.24) is 15.5 Å². The molecule has 2 aromatic rings. The summed E-state index contributed by atoms with van der Waals surface area (Å²) in [5.74, 6) is 0.615. The number of aromatic nitrogens is 2. The molecule has 0 saturated carbocycles. The fraction of sp³-hybridized carbons (Fsp3) is 0.267. The van der Waals surface area contributed by atoms with E-state index < -0.39 is 0 Å². The number of rotatable bonds is 5. The number of aryl methyl sites for hydroxylation is 1. The van der Waals surface area contributed by atoms with E-state index in [9.17, 15) is 4.79 Å². The molecule has 0 aliphatic rings. The fourth-order valence-electron chi connectivity index (χ4n) is 1.83. The van der Waals surface area contributed by atoms with Crippen LogP contribution < -0.4 is 10.1 Å². The Hall–Kier alpha value is -2.43. The second kappa shape index (κ2) is 6.65. The van der Waals surface area contributed by atoms with E-state index in [1.807, 2.05) is 31.2 Å². The third kappa shape index (κ3) is 3.54. The van der Waals surface area contributed by atoms with Crippen molar-refractivity contribution in [1.29, 1.82) is 0 Å². The Bertz CT molecular complexity index is 582. The maximum atomic E-state index is 11.9. The Morgan fingerprint density at radius 2 is 2.00 bits per heavy atom. The molecule has 1 aromatic heterocycles. The largest absolute Gasteiger partial charge is 0.496 e. The molecular weight excluding hydrogens is 254 g/mol. The monoisotopic (exact) mass is 271 g/mol. The number of hydrogen-bond donors (Lipinski definition) is 1. The van der Waals surface area contributed by atoms with Gasteiger partial charge in [-0.1, -0.05) is 18.2 Å². The summed E-state index contributed by atoms with van der Waals surface area (Å²) in [6.45, 7) is 2.35. The molecule has 0 bridgehead atoms. The zero-order valence-electron chi connectivity index (χ0n) is 11.6. The lowest BCUT2D eigenvalue weighted by Gasteiger charge is -2.08. The van der Waals surface area contributed by atoms with Gasteiger partial charge >= 0.3 is 0 Å². The van der Waals surface area contributed by atoms with Crippen LogP contribution in [0.3, 0.4) is 0 Å². The zero-order valence-corrected chi connectivity index (χ0v) is 11.6. The molecule has 0 aliphatic heterocycles. The molecule has 1 aromatic carbocycles. The molecule has 1 amide bonds. The van der Waals surface area contributed by atoms with E-state index in [1.165, 1.54) is 0 Å². The molecule has 0 aliphatic carbocycles. The predicted molar refractivity (Wildman–Crippen MR) is 75.8 cm³/mol. The lowest BCUT2D eigenvalue weighted by molar-refractivity contribution is 0.0948. The molecule has 1 N–H and O–H groups in total. The van der Waals surface area contributed by atoms with Gasteiger partial charge in [-0.25, -0.2) is 0 Å². The van der Waals surface area contributed by atoms with Gasteiger partial charge in [-0.3, -0.25) is 4.79 Å². The summed E-state index contributed by atoms with van der Waals surface area (Å²) in [6.07, 6.45) is 0.703. The maximum Gasteiger partial charge on any atom is 0.271 e. The highest BCUT2D eigenvalue weighted by Gasteiger charge is 2.07. The Balaban J connectivity index is 1.89. The normalized spacial score (nSPS) is 10.1. The molecule has 20 heavy (non-hydrogen) atoms. The van der Waals surface area contributed by atoms with Crippen LogP contribution in [0.4, 0.5) is 0 Å². The Kier molecular flexibility index (Phi) is 4.65. The topological polar surface area (TPSA) is 64.1 Å². The number of benzene rings is 1. The van der Waals surface area contributed by atoms with Crippen LogP contribution in [0.15, 0.2) is 36.4 Å². The van der Waals surface area contributed by atoms with Gasteiger partial charge < -0.3 is 10.1 Å². The van der Waals surface area contributed by atoms with Crippen molar-refractivity contribution in [3.05, 3.63) is 53.3 Å². The Morgan fingerprint density at radius 1 is 1.20 bits per heavy atom. The van der Waals surface area contributed by atoms with Gasteiger partial charge in [0.2, 0.25) is 0 Å². The Labute approximate surface area is 118 Å². The number of methoxy groups -OCH3 is 1. The molecule has 0 spiro atoms. The molecule has 0 unspecified atom stereocenters. The lowest BCUT2D eigenvalue weighted by atomic mass is 10.1. The first-order valence-electron chi connectivity index (χ1n) is 6.41. The summed E-state index contributed by atoms with van der Waals surface area (Å²) in [6, 6.07) is 11.2. The van der Waals surface area contributed by atoms with Crippen LogP contribution in [0.2, 0.25) is 0 Å². The van der Waals surface area contributed by atoms with Crippen molar-refractivity contribution < 1.29 is 9.53 Å². The van der Waals surface area contributed by atoms with E-state index in [4.69, 9.17) is 4.74 Å². The summed E-state index contributed by atoms with van der Waals surface area (Å²) in [5, 5.41) is 10.5. The number of carbonyl (C=O) groups is 1. The Morgan fingerprint density at radius 3 is 2.70 bits per heavy atom. The fourth-order valence-corrected chi connectivity index (χ4v) is 1.83. The molecule has 5 nitrogen and oxygen atoms in total. The van der Waals surface area contributed by atoms with Crippen molar-refractivity contribution in [3.63, 3.8) is 0 Å². The van der Waals surface area contributed by atoms with Gasteiger partial charge in [-0.2, -0.15) is 5.10 Å². The number of nitrogens with zero attached hydrogens (tertiary/aromatic N) is 2. The van der Waals surface area contributed by atoms with Crippen LogP contribution in [-0.2, 0) is 6.42 Å². The highest BCUT2D eigenvalue weighted by Crippen LogP contribution is 2.17. The molecule has 104 valence electrons. The number of nitrogens with one attached hydrogen (secondary N) is 1. The highest BCUT2D eigenvalue weighted by molar-refractivity contribution is 5.91. The average molecular weight is 271 g/mol. The third-order valence-corrected chi connectivity index (χ3v) is 2.90. The van der Waals surface area contributed by atoms with Gasteiger partial charge in [0.25, 0.3) is 5.91 Å². The van der Waals surface area contributed by atoms with Crippen LogP contribution >= 0.6 is 0 Å². The first-order valence-corrected chi connectivity index (χ1v) is 6.41. The minimum Gasteiger partial charge on any atom is -0.496 e. The average Bonchev–Trinajstić information content (AvgIpc) is 2.48. The molecule has 0 radical (unpaired) electrons. The minimum atomic E-state index is -0.215. The summed E-state index contributed by atoms with van der Waals surface area (Å²) >= 11 is 0. The van der Waals surface area contributed by atoms with Crippen LogP contribution in [0.5, 0.6) is 5.75 Å². The van der Waals surface area contributed by atoms with Gasteiger partial charge in [0.05, 0.1) is 12.8 Å². The molecule has 5 heteroatoms. The second-order valence-corrected chi connectivity index (χ2v) is 4.38. The van der Waals surface area contributed by atoms with E-state index in [1.54, 1.807) is 19.2 Å². The van der Waals surface area contributed by atoms with Gasteiger partial charge in [-0.05, 0) is 37.1 Å². The summed E-state index contributed by atoms with van der Waals surface area (Å²) in [7, 11) is 1.64. The van der Waals surface area contributed by atoms with Crippen molar-refractivity contribution in [2.75, 3.05) is 13.7 Å². The second-order valence-electron chi connectivity index (χ2n) is 4.38. The van der Waals surface area contributed by atoms with Crippen molar-refractivity contribution >= 4 is 5.91 Å². The summed E-state index contributed by atoms with van der Waals surface area (Å²) in [4.78, 5) is 11.9. The van der Waals surface area contributed by atoms with E-state index in [0.29, 0.717) is 18.7 Å². The van der Waals surface area contributed by atoms with Gasteiger partial charge in [0.1, 0.15) is 5.75 Å². The summed E-state index contributed by atoms with van der Waals surface area (Å²) in [5.41, 5.74) is 2.18. The van der Waals surface area contributed by atoms with E-state index in [2.05, 4.69) is 15.5 Å². The summed E-state index contributed by atoms with van der Waals surface area (Å²) < 4.78 is 5.27. The molecule has 0 fully saturated rings. The van der Waals surface area contributed by atoms with Gasteiger partial charge in [0, 0.05) is 6.54 Å². The predicted octanol–water partition coefficient (Wildman–Crippen LogP) is 1.77. The lowest BCUT2D eigenvalue weighted by Crippen LogP contribution is -2.26. The molecular formula is C15H17N3O2. The standard InChI is InChI=1S/C15H17N3O2/c1-11-7-8-13(18-17-11)15(19)16-10-9-12-5-3-4-6-14(12)20-2/h3-8H,9-10H2,1-2H3,(H,16,19). The smallest absolute Gasteiger partial charge is 0.271 e. The molecule has 2 rings (SSSR count). The SMILES string of the molecule is COc1ccccc1CCNC(=O)c1ccc(C)nn1. The quantitative estimate of drug-likeness (QED) is 0.900. The van der Waals surface area contributed by atoms with E-state index >= 15 is 0 Å². The van der Waals surface area contributed by atoms with E-state index in [-0.39, 0.29) is 5.91 Å². The van der Waals surface area contributed by atoms with Gasteiger partial charge in [0.15, 0.2) is 5.69 Å². The van der Waals surface area contributed by atoms with Crippen LogP contribution in [-0.4, -0.2) is 29.8 Å². The zero-order chi connectivity index (χ0) is 14.4. The third-order valence-electron chi connectivity index (χ3n) is 2.90. The number of carbonyl (C=O) groups excluding carboxylic acids is 1. The molecule has 1 heterocycles. The van der Waals surface area contributed by atoms with Gasteiger partial charge in [-0.15, -0.1) is 5.10 Å². The van der Waals surface area contributed by atoms with Crippen molar-refractivity contribution in [3.8, 4) is 5.75 Å².